The number of fused-ring (bicyclic) bond motifs is 1. The van der Waals surface area contributed by atoms with E-state index in [9.17, 15) is 13.2 Å². The number of amides is 1. The van der Waals surface area contributed by atoms with Gasteiger partial charge in [0.2, 0.25) is 5.91 Å². The van der Waals surface area contributed by atoms with E-state index in [0.29, 0.717) is 18.8 Å². The van der Waals surface area contributed by atoms with E-state index in [1.807, 2.05) is 71.4 Å². The summed E-state index contributed by atoms with van der Waals surface area (Å²) in [6, 6.07) is 17.1. The molecule has 0 radical (unpaired) electrons. The molecular weight excluding hydrogens is 412 g/mol. The Balaban J connectivity index is 1.61. The average Bonchev–Trinajstić information content (AvgIpc) is 2.78. The number of para-hydroxylation sites is 2. The summed E-state index contributed by atoms with van der Waals surface area (Å²) in [6.07, 6.45) is 4.68. The van der Waals surface area contributed by atoms with Gasteiger partial charge in [-0.3, -0.25) is 14.6 Å². The Hall–Kier alpha value is -2.38. The SMILES string of the molecule is CN(CC(=O)N1c2ccccc2OCC1c1ccccc1)C1CCCCC1S(C)(=O)=O. The van der Waals surface area contributed by atoms with Gasteiger partial charge < -0.3 is 4.74 Å². The lowest BCUT2D eigenvalue weighted by Gasteiger charge is -2.40. The van der Waals surface area contributed by atoms with Crippen LogP contribution in [-0.4, -0.2) is 57.0 Å². The highest BCUT2D eigenvalue weighted by Gasteiger charge is 2.38. The molecule has 1 saturated carbocycles. The number of hydrogen-bond acceptors (Lipinski definition) is 5. The van der Waals surface area contributed by atoms with Crippen LogP contribution in [-0.2, 0) is 14.6 Å². The zero-order valence-corrected chi connectivity index (χ0v) is 18.9. The Morgan fingerprint density at radius 3 is 2.48 bits per heavy atom. The molecule has 1 fully saturated rings. The van der Waals surface area contributed by atoms with Gasteiger partial charge in [-0.05, 0) is 37.6 Å². The molecule has 3 unspecified atom stereocenters. The number of benzene rings is 2. The van der Waals surface area contributed by atoms with Crippen LogP contribution in [0.4, 0.5) is 5.69 Å². The average molecular weight is 443 g/mol. The number of carbonyl (C=O) groups is 1. The molecule has 2 aromatic carbocycles. The van der Waals surface area contributed by atoms with Gasteiger partial charge in [0.15, 0.2) is 9.84 Å². The summed E-state index contributed by atoms with van der Waals surface area (Å²) >= 11 is 0. The Labute approximate surface area is 184 Å². The first-order valence-corrected chi connectivity index (χ1v) is 12.8. The van der Waals surface area contributed by atoms with E-state index >= 15 is 0 Å². The number of hydrogen-bond donors (Lipinski definition) is 0. The van der Waals surface area contributed by atoms with Crippen LogP contribution in [0.15, 0.2) is 54.6 Å². The number of ether oxygens (including phenoxy) is 1. The van der Waals surface area contributed by atoms with Gasteiger partial charge in [-0.2, -0.15) is 0 Å². The third-order valence-corrected chi connectivity index (χ3v) is 8.10. The minimum absolute atomic E-state index is 0.0510. The molecule has 0 N–H and O–H groups in total. The number of anilines is 1. The van der Waals surface area contributed by atoms with Gasteiger partial charge in [-0.15, -0.1) is 0 Å². The minimum Gasteiger partial charge on any atom is -0.489 e. The van der Waals surface area contributed by atoms with Crippen molar-refractivity contribution in [1.29, 1.82) is 0 Å². The van der Waals surface area contributed by atoms with Crippen molar-refractivity contribution < 1.29 is 17.9 Å². The van der Waals surface area contributed by atoms with Crippen LogP contribution in [0.2, 0.25) is 0 Å². The molecule has 0 saturated heterocycles. The maximum Gasteiger partial charge on any atom is 0.241 e. The molecule has 0 aromatic heterocycles. The van der Waals surface area contributed by atoms with Gasteiger partial charge in [0.25, 0.3) is 0 Å². The molecule has 1 aliphatic heterocycles. The second kappa shape index (κ2) is 9.01. The van der Waals surface area contributed by atoms with E-state index in [1.165, 1.54) is 6.26 Å². The standard InChI is InChI=1S/C24H30N2O4S/c1-25(20-13-7-9-15-23(20)31(2,28)29)16-24(27)26-19-12-6-8-14-22(19)30-17-21(26)18-10-4-3-5-11-18/h3-6,8,10-12,14,20-21,23H,7,9,13,15-17H2,1-2H3. The fraction of sp³-hybridized carbons (Fsp3) is 0.458. The topological polar surface area (TPSA) is 66.9 Å². The zero-order valence-electron chi connectivity index (χ0n) is 18.1. The maximum absolute atomic E-state index is 13.6. The van der Waals surface area contributed by atoms with Crippen molar-refractivity contribution in [2.75, 3.05) is 31.4 Å². The van der Waals surface area contributed by atoms with E-state index in [1.54, 1.807) is 0 Å². The molecule has 1 aliphatic carbocycles. The van der Waals surface area contributed by atoms with Crippen LogP contribution in [0, 0.1) is 0 Å². The van der Waals surface area contributed by atoms with Crippen LogP contribution in [0.3, 0.4) is 0 Å². The molecule has 0 spiro atoms. The van der Waals surface area contributed by atoms with Crippen molar-refractivity contribution in [3.8, 4) is 5.75 Å². The summed E-state index contributed by atoms with van der Waals surface area (Å²) in [5, 5.41) is -0.416. The molecule has 166 valence electrons. The molecule has 7 heteroatoms. The molecule has 1 amide bonds. The summed E-state index contributed by atoms with van der Waals surface area (Å²) in [5.41, 5.74) is 1.77. The van der Waals surface area contributed by atoms with E-state index in [0.717, 1.165) is 30.5 Å². The number of nitrogens with zero attached hydrogens (tertiary/aromatic N) is 2. The first-order valence-electron chi connectivity index (χ1n) is 10.8. The first kappa shape index (κ1) is 21.8. The van der Waals surface area contributed by atoms with Crippen molar-refractivity contribution in [2.24, 2.45) is 0 Å². The Morgan fingerprint density at radius 1 is 1.06 bits per heavy atom. The van der Waals surface area contributed by atoms with Crippen LogP contribution in [0.25, 0.3) is 0 Å². The minimum atomic E-state index is -3.17. The van der Waals surface area contributed by atoms with Gasteiger partial charge in [0.1, 0.15) is 12.4 Å². The van der Waals surface area contributed by atoms with Crippen LogP contribution >= 0.6 is 0 Å². The summed E-state index contributed by atoms with van der Waals surface area (Å²) in [5.74, 6) is 0.641. The summed E-state index contributed by atoms with van der Waals surface area (Å²) < 4.78 is 30.7. The first-order chi connectivity index (χ1) is 14.9. The Morgan fingerprint density at radius 2 is 1.74 bits per heavy atom. The fourth-order valence-electron chi connectivity index (χ4n) is 4.91. The number of rotatable bonds is 5. The van der Waals surface area contributed by atoms with Crippen molar-refractivity contribution in [2.45, 2.75) is 43.0 Å². The number of carbonyl (C=O) groups excluding carboxylic acids is 1. The highest BCUT2D eigenvalue weighted by atomic mass is 32.2. The Kier molecular flexibility index (Phi) is 6.34. The van der Waals surface area contributed by atoms with Crippen molar-refractivity contribution in [3.63, 3.8) is 0 Å². The molecule has 31 heavy (non-hydrogen) atoms. The van der Waals surface area contributed by atoms with Gasteiger partial charge >= 0.3 is 0 Å². The summed E-state index contributed by atoms with van der Waals surface area (Å²) in [6.45, 7) is 0.542. The molecular formula is C24H30N2O4S. The van der Waals surface area contributed by atoms with E-state index in [2.05, 4.69) is 0 Å². The zero-order chi connectivity index (χ0) is 22.0. The third-order valence-electron chi connectivity index (χ3n) is 6.45. The van der Waals surface area contributed by atoms with Crippen LogP contribution in [0.5, 0.6) is 5.75 Å². The molecule has 4 rings (SSSR count). The molecule has 2 aliphatic rings. The summed E-state index contributed by atoms with van der Waals surface area (Å²) in [4.78, 5) is 17.4. The fourth-order valence-corrected chi connectivity index (χ4v) is 6.42. The molecule has 3 atom stereocenters. The molecule has 0 bridgehead atoms. The van der Waals surface area contributed by atoms with E-state index in [4.69, 9.17) is 4.74 Å². The van der Waals surface area contributed by atoms with Crippen LogP contribution < -0.4 is 9.64 Å². The highest BCUT2D eigenvalue weighted by molar-refractivity contribution is 7.91. The molecule has 1 heterocycles. The maximum atomic E-state index is 13.6. The number of likely N-dealkylation sites (N-methyl/N-ethyl adjacent to an activating group) is 1. The largest absolute Gasteiger partial charge is 0.489 e. The van der Waals surface area contributed by atoms with Crippen molar-refractivity contribution in [3.05, 3.63) is 60.2 Å². The lowest BCUT2D eigenvalue weighted by Crippen LogP contribution is -2.52. The molecule has 2 aromatic rings. The second-order valence-corrected chi connectivity index (χ2v) is 10.9. The van der Waals surface area contributed by atoms with Gasteiger partial charge in [0.05, 0.1) is 23.5 Å². The summed E-state index contributed by atoms with van der Waals surface area (Å²) in [7, 11) is -1.30. The normalized spacial score (nSPS) is 23.8. The lowest BCUT2D eigenvalue weighted by atomic mass is 9.93. The highest BCUT2D eigenvalue weighted by Crippen LogP contribution is 2.39. The Bertz CT molecular complexity index is 1020. The van der Waals surface area contributed by atoms with Crippen LogP contribution in [0.1, 0.15) is 37.3 Å². The third kappa shape index (κ3) is 4.62. The van der Waals surface area contributed by atoms with Gasteiger partial charge in [-0.1, -0.05) is 55.3 Å². The van der Waals surface area contributed by atoms with Gasteiger partial charge in [0, 0.05) is 12.3 Å². The smallest absolute Gasteiger partial charge is 0.241 e. The monoisotopic (exact) mass is 442 g/mol. The predicted octanol–water partition coefficient (Wildman–Crippen LogP) is 3.44. The molecule has 6 nitrogen and oxygen atoms in total. The quantitative estimate of drug-likeness (QED) is 0.710. The van der Waals surface area contributed by atoms with E-state index in [-0.39, 0.29) is 24.5 Å². The van der Waals surface area contributed by atoms with Crippen molar-refractivity contribution in [1.82, 2.24) is 4.90 Å². The predicted molar refractivity (Wildman–Crippen MR) is 122 cm³/mol. The number of sulfone groups is 1. The van der Waals surface area contributed by atoms with E-state index < -0.39 is 15.1 Å². The van der Waals surface area contributed by atoms with Crippen molar-refractivity contribution >= 4 is 21.4 Å². The van der Waals surface area contributed by atoms with Gasteiger partial charge in [-0.25, -0.2) is 8.42 Å². The second-order valence-electron chi connectivity index (χ2n) is 8.60. The lowest BCUT2D eigenvalue weighted by molar-refractivity contribution is -0.121.